The molecule has 2 fully saturated rings. The Bertz CT molecular complexity index is 1380. The lowest BCUT2D eigenvalue weighted by Crippen LogP contribution is -2.40. The van der Waals surface area contributed by atoms with Crippen LogP contribution in [0.25, 0.3) is 11.1 Å². The minimum atomic E-state index is -0.815. The van der Waals surface area contributed by atoms with Crippen molar-refractivity contribution in [3.63, 3.8) is 0 Å². The van der Waals surface area contributed by atoms with Crippen molar-refractivity contribution in [2.24, 2.45) is 0 Å². The SMILES string of the molecule is CC(=O)NCC(=O)NC[C@H]1CN(c2ccc(-c3ccc(N4C[C@H](CNC(=O)CNC(C)=O)OC4=O)cc3F)c(F)c2)C(=O)O1. The van der Waals surface area contributed by atoms with Crippen LogP contribution in [0.5, 0.6) is 0 Å². The third-order valence-electron chi connectivity index (χ3n) is 6.62. The largest absolute Gasteiger partial charge is 0.442 e. The van der Waals surface area contributed by atoms with Gasteiger partial charge in [0.15, 0.2) is 0 Å². The lowest BCUT2D eigenvalue weighted by Gasteiger charge is -2.16. The van der Waals surface area contributed by atoms with Crippen LogP contribution in [0.1, 0.15) is 13.8 Å². The summed E-state index contributed by atoms with van der Waals surface area (Å²) in [6.07, 6.45) is -2.93. The number of ether oxygens (including phenoxy) is 2. The number of nitrogens with one attached hydrogen (secondary N) is 4. The van der Waals surface area contributed by atoms with Crippen molar-refractivity contribution >= 4 is 47.2 Å². The highest BCUT2D eigenvalue weighted by molar-refractivity contribution is 5.92. The molecule has 2 aliphatic rings. The zero-order chi connectivity index (χ0) is 32.0. The molecule has 0 radical (unpaired) electrons. The predicted molar refractivity (Wildman–Crippen MR) is 150 cm³/mol. The number of carbonyl (C=O) groups is 6. The second kappa shape index (κ2) is 13.8. The molecule has 2 aromatic rings. The minimum Gasteiger partial charge on any atom is -0.442 e. The molecule has 44 heavy (non-hydrogen) atoms. The zero-order valence-corrected chi connectivity index (χ0v) is 23.8. The highest BCUT2D eigenvalue weighted by Gasteiger charge is 2.34. The standard InChI is InChI=1S/C28H30F2N6O8/c1-15(37)31-11-25(39)33-9-19-13-35(27(41)43-19)17-3-5-21(23(29)7-17)22-6-4-18(8-24(22)30)36-14-20(44-28(36)42)10-34-26(40)12-32-16(2)38/h3-8,19-20H,9-14H2,1-2H3,(H,31,37)(H,32,38)(H,33,39)(H,34,40)/t19-,20-/m0/s1. The Labute approximate surface area is 250 Å². The highest BCUT2D eigenvalue weighted by Crippen LogP contribution is 2.33. The van der Waals surface area contributed by atoms with Crippen molar-refractivity contribution in [3.8, 4) is 11.1 Å². The molecule has 0 aliphatic carbocycles. The molecule has 4 N–H and O–H groups in total. The predicted octanol–water partition coefficient (Wildman–Crippen LogP) is 0.787. The van der Waals surface area contributed by atoms with Crippen molar-refractivity contribution in [3.05, 3.63) is 48.0 Å². The van der Waals surface area contributed by atoms with Crippen molar-refractivity contribution in [1.29, 1.82) is 0 Å². The molecule has 4 rings (SSSR count). The summed E-state index contributed by atoms with van der Waals surface area (Å²) in [5.74, 6) is -3.31. The van der Waals surface area contributed by atoms with Crippen LogP contribution in [0.2, 0.25) is 0 Å². The van der Waals surface area contributed by atoms with E-state index in [2.05, 4.69) is 21.3 Å². The monoisotopic (exact) mass is 616 g/mol. The third-order valence-corrected chi connectivity index (χ3v) is 6.62. The normalized spacial score (nSPS) is 17.5. The number of rotatable bonds is 11. The molecule has 234 valence electrons. The van der Waals surface area contributed by atoms with E-state index in [0.717, 1.165) is 12.1 Å². The summed E-state index contributed by atoms with van der Waals surface area (Å²) in [5, 5.41) is 9.76. The summed E-state index contributed by atoms with van der Waals surface area (Å²) in [5.41, 5.74) is 0.151. The van der Waals surface area contributed by atoms with E-state index in [4.69, 9.17) is 9.47 Å². The first-order chi connectivity index (χ1) is 20.9. The molecule has 0 aromatic heterocycles. The first-order valence-corrected chi connectivity index (χ1v) is 13.5. The zero-order valence-electron chi connectivity index (χ0n) is 23.8. The Balaban J connectivity index is 1.36. The quantitative estimate of drug-likeness (QED) is 0.287. The van der Waals surface area contributed by atoms with Gasteiger partial charge >= 0.3 is 12.2 Å². The fourth-order valence-corrected chi connectivity index (χ4v) is 4.45. The van der Waals surface area contributed by atoms with Gasteiger partial charge in [0.1, 0.15) is 23.8 Å². The Morgan fingerprint density at radius 2 is 1.09 bits per heavy atom. The summed E-state index contributed by atoms with van der Waals surface area (Å²) >= 11 is 0. The Kier molecular flexibility index (Phi) is 9.92. The number of anilines is 2. The number of halogens is 2. The lowest BCUT2D eigenvalue weighted by molar-refractivity contribution is -0.125. The first kappa shape index (κ1) is 31.7. The van der Waals surface area contributed by atoms with Gasteiger partial charge in [-0.25, -0.2) is 18.4 Å². The number of cyclic esters (lactones) is 2. The molecule has 0 saturated carbocycles. The maximum atomic E-state index is 15.2. The van der Waals surface area contributed by atoms with E-state index in [1.807, 2.05) is 0 Å². The summed E-state index contributed by atoms with van der Waals surface area (Å²) in [4.78, 5) is 72.5. The molecule has 0 unspecified atom stereocenters. The van der Waals surface area contributed by atoms with E-state index >= 15 is 8.78 Å². The molecule has 0 spiro atoms. The molecule has 2 heterocycles. The summed E-state index contributed by atoms with van der Waals surface area (Å²) in [6, 6.07) is 7.58. The molecule has 2 aromatic carbocycles. The molecule has 0 bridgehead atoms. The van der Waals surface area contributed by atoms with Gasteiger partial charge in [-0.2, -0.15) is 0 Å². The van der Waals surface area contributed by atoms with Gasteiger partial charge in [-0.05, 0) is 36.4 Å². The van der Waals surface area contributed by atoms with E-state index in [9.17, 15) is 28.8 Å². The van der Waals surface area contributed by atoms with Crippen LogP contribution >= 0.6 is 0 Å². The van der Waals surface area contributed by atoms with Gasteiger partial charge in [0.05, 0.1) is 50.6 Å². The van der Waals surface area contributed by atoms with Gasteiger partial charge < -0.3 is 30.7 Å². The van der Waals surface area contributed by atoms with Crippen molar-refractivity contribution < 1.29 is 47.0 Å². The topological polar surface area (TPSA) is 175 Å². The second-order valence-corrected chi connectivity index (χ2v) is 9.99. The van der Waals surface area contributed by atoms with E-state index in [-0.39, 0.29) is 73.6 Å². The second-order valence-electron chi connectivity index (χ2n) is 9.99. The molecule has 16 heteroatoms. The van der Waals surface area contributed by atoms with Crippen LogP contribution in [0.15, 0.2) is 36.4 Å². The average Bonchev–Trinajstić information content (AvgIpc) is 3.54. The molecule has 14 nitrogen and oxygen atoms in total. The van der Waals surface area contributed by atoms with Crippen LogP contribution in [0, 0.1) is 11.6 Å². The number of amides is 6. The van der Waals surface area contributed by atoms with E-state index in [0.29, 0.717) is 0 Å². The van der Waals surface area contributed by atoms with E-state index in [1.54, 1.807) is 0 Å². The van der Waals surface area contributed by atoms with Gasteiger partial charge in [-0.15, -0.1) is 0 Å². The maximum Gasteiger partial charge on any atom is 0.414 e. The molecular formula is C28H30F2N6O8. The molecule has 2 aliphatic heterocycles. The highest BCUT2D eigenvalue weighted by atomic mass is 19.1. The van der Waals surface area contributed by atoms with Crippen molar-refractivity contribution in [2.75, 3.05) is 49.1 Å². The van der Waals surface area contributed by atoms with Gasteiger partial charge in [0, 0.05) is 25.0 Å². The van der Waals surface area contributed by atoms with Gasteiger partial charge in [-0.3, -0.25) is 29.0 Å². The van der Waals surface area contributed by atoms with Crippen LogP contribution in [-0.4, -0.2) is 87.3 Å². The number of nitrogens with zero attached hydrogens (tertiary/aromatic N) is 2. The number of hydrogen-bond donors (Lipinski definition) is 4. The first-order valence-electron chi connectivity index (χ1n) is 13.5. The molecule has 2 saturated heterocycles. The van der Waals surface area contributed by atoms with Crippen molar-refractivity contribution in [1.82, 2.24) is 21.3 Å². The summed E-state index contributed by atoms with van der Waals surface area (Å²) < 4.78 is 40.8. The number of hydrogen-bond acceptors (Lipinski definition) is 8. The van der Waals surface area contributed by atoms with Gasteiger partial charge in [-0.1, -0.05) is 0 Å². The fourth-order valence-electron chi connectivity index (χ4n) is 4.45. The lowest BCUT2D eigenvalue weighted by atomic mass is 10.0. The molecule has 6 amide bonds. The smallest absolute Gasteiger partial charge is 0.414 e. The number of carbonyl (C=O) groups excluding carboxylic acids is 6. The van der Waals surface area contributed by atoms with E-state index in [1.165, 1.54) is 47.9 Å². The molecular weight excluding hydrogens is 586 g/mol. The van der Waals surface area contributed by atoms with Gasteiger partial charge in [0.2, 0.25) is 23.6 Å². The third kappa shape index (κ3) is 7.96. The number of benzene rings is 2. The van der Waals surface area contributed by atoms with Crippen molar-refractivity contribution in [2.45, 2.75) is 26.1 Å². The molecule has 2 atom stereocenters. The maximum absolute atomic E-state index is 15.2. The Morgan fingerprint density at radius 1 is 0.705 bits per heavy atom. The minimum absolute atomic E-state index is 0.0165. The van der Waals surface area contributed by atoms with Crippen LogP contribution in [0.4, 0.5) is 29.7 Å². The fraction of sp³-hybridized carbons (Fsp3) is 0.357. The Hall–Kier alpha value is -5.28. The van der Waals surface area contributed by atoms with E-state index < -0.39 is 47.8 Å². The van der Waals surface area contributed by atoms with Crippen LogP contribution < -0.4 is 31.1 Å². The average molecular weight is 617 g/mol. The summed E-state index contributed by atoms with van der Waals surface area (Å²) in [7, 11) is 0. The van der Waals surface area contributed by atoms with Gasteiger partial charge in [0.25, 0.3) is 0 Å². The van der Waals surface area contributed by atoms with Crippen LogP contribution in [0.3, 0.4) is 0 Å². The van der Waals surface area contributed by atoms with Crippen LogP contribution in [-0.2, 0) is 28.7 Å². The summed E-state index contributed by atoms with van der Waals surface area (Å²) in [6.45, 7) is 2.09. The Morgan fingerprint density at radius 3 is 1.43 bits per heavy atom.